The molecule has 0 bridgehead atoms. The highest BCUT2D eigenvalue weighted by Crippen LogP contribution is 2.06. The van der Waals surface area contributed by atoms with Gasteiger partial charge >= 0.3 is 0 Å². The minimum absolute atomic E-state index is 0.0991. The van der Waals surface area contributed by atoms with E-state index in [2.05, 4.69) is 4.98 Å². The molecule has 0 atom stereocenters. The van der Waals surface area contributed by atoms with Crippen LogP contribution in [0, 0.1) is 0 Å². The number of pyridine rings is 1. The van der Waals surface area contributed by atoms with Crippen LogP contribution in [0.2, 0.25) is 0 Å². The van der Waals surface area contributed by atoms with Crippen molar-refractivity contribution in [1.82, 2.24) is 9.71 Å². The molecule has 0 fully saturated rings. The van der Waals surface area contributed by atoms with Crippen LogP contribution in [0.4, 0.5) is 5.69 Å². The average Bonchev–Trinajstić information content (AvgIpc) is 2.01. The summed E-state index contributed by atoms with van der Waals surface area (Å²) in [7, 11) is -3.58. The number of nitrogens with zero attached hydrogens (tertiary/aromatic N) is 1. The van der Waals surface area contributed by atoms with E-state index in [1.54, 1.807) is 10.8 Å². The lowest BCUT2D eigenvalue weighted by molar-refractivity contribution is 0.0978. The van der Waals surface area contributed by atoms with E-state index < -0.39 is 15.9 Å². The maximum absolute atomic E-state index is 11.2. The average molecular weight is 215 g/mol. The predicted molar refractivity (Wildman–Crippen MR) is 51.0 cm³/mol. The number of nitrogen functional groups attached to an aromatic ring is 1. The monoisotopic (exact) mass is 215 g/mol. The van der Waals surface area contributed by atoms with Crippen molar-refractivity contribution >= 4 is 21.6 Å². The lowest BCUT2D eigenvalue weighted by Crippen LogP contribution is -2.30. The van der Waals surface area contributed by atoms with Gasteiger partial charge in [0.2, 0.25) is 10.0 Å². The first kappa shape index (κ1) is 10.5. The molecule has 0 saturated heterocycles. The highest BCUT2D eigenvalue weighted by Gasteiger charge is 2.14. The van der Waals surface area contributed by atoms with E-state index in [-0.39, 0.29) is 11.4 Å². The molecule has 0 aliphatic carbocycles. The summed E-state index contributed by atoms with van der Waals surface area (Å²) in [4.78, 5) is 14.9. The largest absolute Gasteiger partial charge is 0.397 e. The van der Waals surface area contributed by atoms with E-state index in [1.165, 1.54) is 12.3 Å². The Morgan fingerprint density at radius 1 is 1.57 bits per heavy atom. The molecule has 76 valence electrons. The number of aromatic nitrogens is 1. The molecule has 1 aromatic heterocycles. The minimum Gasteiger partial charge on any atom is -0.397 e. The Labute approximate surface area is 81.2 Å². The second-order valence-electron chi connectivity index (χ2n) is 2.64. The summed E-state index contributed by atoms with van der Waals surface area (Å²) < 4.78 is 23.2. The lowest BCUT2D eigenvalue weighted by Gasteiger charge is -2.03. The first-order chi connectivity index (χ1) is 6.40. The second-order valence-corrected chi connectivity index (χ2v) is 4.39. The van der Waals surface area contributed by atoms with Gasteiger partial charge in [0.15, 0.2) is 5.69 Å². The molecule has 6 nitrogen and oxygen atoms in total. The summed E-state index contributed by atoms with van der Waals surface area (Å²) in [5.74, 6) is -0.828. The van der Waals surface area contributed by atoms with Crippen molar-refractivity contribution in [1.29, 1.82) is 0 Å². The molecule has 1 rings (SSSR count). The molecule has 0 radical (unpaired) electrons. The first-order valence-electron chi connectivity index (χ1n) is 3.63. The van der Waals surface area contributed by atoms with Crippen LogP contribution >= 0.6 is 0 Å². The van der Waals surface area contributed by atoms with E-state index in [4.69, 9.17) is 5.73 Å². The van der Waals surface area contributed by atoms with Crippen LogP contribution < -0.4 is 10.5 Å². The number of nitrogens with one attached hydrogen (secondary N) is 1. The van der Waals surface area contributed by atoms with Crippen LogP contribution in [-0.2, 0) is 10.0 Å². The number of hydrogen-bond acceptors (Lipinski definition) is 5. The number of nitrogens with two attached hydrogens (primary N) is 1. The van der Waals surface area contributed by atoms with Gasteiger partial charge in [-0.1, -0.05) is 0 Å². The Balaban J connectivity index is 2.97. The van der Waals surface area contributed by atoms with Gasteiger partial charge in [-0.25, -0.2) is 18.1 Å². The Morgan fingerprint density at radius 2 is 2.21 bits per heavy atom. The van der Waals surface area contributed by atoms with Gasteiger partial charge in [0.05, 0.1) is 11.9 Å². The molecule has 1 amide bonds. The molecule has 14 heavy (non-hydrogen) atoms. The van der Waals surface area contributed by atoms with Crippen LogP contribution in [0.1, 0.15) is 10.5 Å². The highest BCUT2D eigenvalue weighted by atomic mass is 32.2. The normalized spacial score (nSPS) is 10.9. The summed E-state index contributed by atoms with van der Waals surface area (Å²) in [6.07, 6.45) is 2.23. The Hall–Kier alpha value is -1.63. The third-order valence-electron chi connectivity index (χ3n) is 1.33. The van der Waals surface area contributed by atoms with Gasteiger partial charge in [0.1, 0.15) is 0 Å². The molecule has 0 aliphatic rings. The van der Waals surface area contributed by atoms with E-state index in [0.717, 1.165) is 6.26 Å². The fraction of sp³-hybridized carbons (Fsp3) is 0.143. The summed E-state index contributed by atoms with van der Waals surface area (Å²) in [6.45, 7) is 0. The van der Waals surface area contributed by atoms with Crippen molar-refractivity contribution in [3.8, 4) is 0 Å². The zero-order valence-corrected chi connectivity index (χ0v) is 8.21. The fourth-order valence-electron chi connectivity index (χ4n) is 0.824. The van der Waals surface area contributed by atoms with Crippen LogP contribution in [0.25, 0.3) is 0 Å². The van der Waals surface area contributed by atoms with E-state index in [9.17, 15) is 13.2 Å². The molecule has 0 aromatic carbocycles. The molecule has 3 N–H and O–H groups in total. The molecule has 1 aromatic rings. The highest BCUT2D eigenvalue weighted by molar-refractivity contribution is 7.89. The van der Waals surface area contributed by atoms with Gasteiger partial charge in [-0.05, 0) is 12.1 Å². The summed E-state index contributed by atoms with van der Waals surface area (Å²) in [5, 5.41) is 0. The molecule has 7 heteroatoms. The third kappa shape index (κ3) is 2.70. The predicted octanol–water partition coefficient (Wildman–Crippen LogP) is -0.647. The van der Waals surface area contributed by atoms with E-state index >= 15 is 0 Å². The maximum atomic E-state index is 11.2. The molecule has 0 spiro atoms. The van der Waals surface area contributed by atoms with Gasteiger partial charge in [-0.15, -0.1) is 0 Å². The van der Waals surface area contributed by atoms with E-state index in [1.807, 2.05) is 0 Å². The number of anilines is 1. The quantitative estimate of drug-likeness (QED) is 0.682. The summed E-state index contributed by atoms with van der Waals surface area (Å²) >= 11 is 0. The Morgan fingerprint density at radius 3 is 2.71 bits per heavy atom. The third-order valence-corrected chi connectivity index (χ3v) is 1.89. The van der Waals surface area contributed by atoms with E-state index in [0.29, 0.717) is 0 Å². The van der Waals surface area contributed by atoms with Gasteiger partial charge in [-0.2, -0.15) is 0 Å². The van der Waals surface area contributed by atoms with Crippen LogP contribution in [0.3, 0.4) is 0 Å². The number of sulfonamides is 1. The molecule has 0 aliphatic heterocycles. The van der Waals surface area contributed by atoms with Crippen LogP contribution in [-0.4, -0.2) is 25.6 Å². The summed E-state index contributed by atoms with van der Waals surface area (Å²) in [6, 6.07) is 3.01. The first-order valence-corrected chi connectivity index (χ1v) is 5.52. The van der Waals surface area contributed by atoms with Gasteiger partial charge in [0.25, 0.3) is 5.91 Å². The van der Waals surface area contributed by atoms with Crippen molar-refractivity contribution in [2.24, 2.45) is 0 Å². The maximum Gasteiger partial charge on any atom is 0.285 e. The Kier molecular flexibility index (Phi) is 2.70. The van der Waals surface area contributed by atoms with Gasteiger partial charge in [-0.3, -0.25) is 4.79 Å². The number of carbonyl (C=O) groups excluding carboxylic acids is 1. The topological polar surface area (TPSA) is 102 Å². The minimum atomic E-state index is -3.58. The number of carbonyl (C=O) groups is 1. The molecule has 0 saturated carbocycles. The lowest BCUT2D eigenvalue weighted by atomic mass is 10.3. The standard InChI is InChI=1S/C7H9N3O3S/c1-14(12,13)10-7(11)6-5(8)3-2-4-9-6/h2-4H,8H2,1H3,(H,10,11). The second kappa shape index (κ2) is 3.62. The molecule has 1 heterocycles. The van der Waals surface area contributed by atoms with Crippen molar-refractivity contribution in [3.63, 3.8) is 0 Å². The molecular formula is C7H9N3O3S. The van der Waals surface area contributed by atoms with Crippen LogP contribution in [0.15, 0.2) is 18.3 Å². The number of rotatable bonds is 2. The van der Waals surface area contributed by atoms with Gasteiger partial charge < -0.3 is 5.73 Å². The zero-order chi connectivity index (χ0) is 10.8. The van der Waals surface area contributed by atoms with Crippen molar-refractivity contribution in [3.05, 3.63) is 24.0 Å². The van der Waals surface area contributed by atoms with Gasteiger partial charge in [0, 0.05) is 6.20 Å². The van der Waals surface area contributed by atoms with Crippen molar-refractivity contribution in [2.75, 3.05) is 12.0 Å². The smallest absolute Gasteiger partial charge is 0.285 e. The zero-order valence-electron chi connectivity index (χ0n) is 7.39. The molecule has 0 unspecified atom stereocenters. The number of hydrogen-bond donors (Lipinski definition) is 2. The summed E-state index contributed by atoms with van der Waals surface area (Å²) in [5.41, 5.74) is 5.46. The SMILES string of the molecule is CS(=O)(=O)NC(=O)c1ncccc1N. The van der Waals surface area contributed by atoms with Crippen LogP contribution in [0.5, 0.6) is 0 Å². The molecular weight excluding hydrogens is 206 g/mol. The van der Waals surface area contributed by atoms with Crippen molar-refractivity contribution in [2.45, 2.75) is 0 Å². The fourth-order valence-corrected chi connectivity index (χ4v) is 1.26. The number of amides is 1. The van der Waals surface area contributed by atoms with Crippen molar-refractivity contribution < 1.29 is 13.2 Å². The Bertz CT molecular complexity index is 455.